The van der Waals surface area contributed by atoms with Crippen LogP contribution >= 0.6 is 0 Å². The molecule has 1 aliphatic heterocycles. The molecule has 19 heavy (non-hydrogen) atoms. The van der Waals surface area contributed by atoms with Crippen molar-refractivity contribution in [3.05, 3.63) is 24.0 Å². The zero-order chi connectivity index (χ0) is 14.0. The lowest BCUT2D eigenvalue weighted by molar-refractivity contribution is 0.0596. The molecule has 1 aliphatic rings. The molecule has 104 valence electrons. The first-order valence-corrected chi connectivity index (χ1v) is 7.46. The van der Waals surface area contributed by atoms with Gasteiger partial charge in [0.2, 0.25) is 10.0 Å². The Morgan fingerprint density at radius 3 is 2.84 bits per heavy atom. The van der Waals surface area contributed by atoms with Crippen molar-refractivity contribution >= 4 is 16.0 Å². The fourth-order valence-corrected chi connectivity index (χ4v) is 4.08. The summed E-state index contributed by atoms with van der Waals surface area (Å²) in [6.07, 6.45) is 4.23. The Morgan fingerprint density at radius 1 is 1.53 bits per heavy atom. The molecular formula is C12H16N2O4S. The molecule has 2 rings (SSSR count). The number of hydrogen-bond acceptors (Lipinski definition) is 5. The van der Waals surface area contributed by atoms with Crippen LogP contribution in [0.2, 0.25) is 0 Å². The van der Waals surface area contributed by atoms with E-state index in [1.165, 1.54) is 29.9 Å². The smallest absolute Gasteiger partial charge is 0.339 e. The summed E-state index contributed by atoms with van der Waals surface area (Å²) < 4.78 is 31.2. The van der Waals surface area contributed by atoms with Gasteiger partial charge in [-0.2, -0.15) is 4.31 Å². The number of methoxy groups -OCH3 is 1. The number of rotatable bonds is 3. The molecule has 0 radical (unpaired) electrons. The predicted molar refractivity (Wildman–Crippen MR) is 68.2 cm³/mol. The fourth-order valence-electron chi connectivity index (χ4n) is 2.25. The molecule has 0 amide bonds. The average Bonchev–Trinajstić information content (AvgIpc) is 2.85. The van der Waals surface area contributed by atoms with Crippen LogP contribution in [-0.4, -0.2) is 43.4 Å². The lowest BCUT2D eigenvalue weighted by Gasteiger charge is -2.21. The summed E-state index contributed by atoms with van der Waals surface area (Å²) in [4.78, 5) is 15.4. The Labute approximate surface area is 112 Å². The summed E-state index contributed by atoms with van der Waals surface area (Å²) in [6, 6.07) is 1.30. The Kier molecular flexibility index (Phi) is 3.86. The highest BCUT2D eigenvalue weighted by molar-refractivity contribution is 7.89. The van der Waals surface area contributed by atoms with Crippen LogP contribution in [0.5, 0.6) is 0 Å². The van der Waals surface area contributed by atoms with Crippen molar-refractivity contribution in [3.8, 4) is 0 Å². The third-order valence-electron chi connectivity index (χ3n) is 3.27. The van der Waals surface area contributed by atoms with Crippen molar-refractivity contribution in [3.63, 3.8) is 0 Å². The molecule has 0 aliphatic carbocycles. The van der Waals surface area contributed by atoms with Gasteiger partial charge in [-0.3, -0.25) is 4.98 Å². The van der Waals surface area contributed by atoms with Gasteiger partial charge in [-0.1, -0.05) is 0 Å². The number of pyridine rings is 1. The summed E-state index contributed by atoms with van der Waals surface area (Å²) in [5.41, 5.74) is 0.0246. The van der Waals surface area contributed by atoms with Crippen LogP contribution < -0.4 is 0 Å². The number of hydrogen-bond donors (Lipinski definition) is 0. The minimum atomic E-state index is -3.70. The SMILES string of the molecule is COC(=O)c1ccncc1S(=O)(=O)N1CCCC1C. The van der Waals surface area contributed by atoms with E-state index < -0.39 is 16.0 Å². The molecule has 1 atom stereocenters. The molecule has 2 heterocycles. The van der Waals surface area contributed by atoms with Crippen molar-refractivity contribution < 1.29 is 17.9 Å². The van der Waals surface area contributed by atoms with E-state index in [0.717, 1.165) is 12.8 Å². The van der Waals surface area contributed by atoms with Gasteiger partial charge < -0.3 is 4.74 Å². The summed E-state index contributed by atoms with van der Waals surface area (Å²) in [5, 5.41) is 0. The number of ether oxygens (including phenoxy) is 1. The second-order valence-corrected chi connectivity index (χ2v) is 6.33. The predicted octanol–water partition coefficient (Wildman–Crippen LogP) is 1.04. The van der Waals surface area contributed by atoms with E-state index in [1.54, 1.807) is 0 Å². The van der Waals surface area contributed by atoms with Gasteiger partial charge in [0.1, 0.15) is 4.90 Å². The molecule has 0 aromatic carbocycles. The van der Waals surface area contributed by atoms with E-state index in [2.05, 4.69) is 9.72 Å². The molecule has 0 spiro atoms. The summed E-state index contributed by atoms with van der Waals surface area (Å²) in [7, 11) is -2.48. The molecular weight excluding hydrogens is 268 g/mol. The van der Waals surface area contributed by atoms with Crippen LogP contribution in [-0.2, 0) is 14.8 Å². The van der Waals surface area contributed by atoms with Gasteiger partial charge in [-0.05, 0) is 25.8 Å². The lowest BCUT2D eigenvalue weighted by atomic mass is 10.3. The third-order valence-corrected chi connectivity index (χ3v) is 5.31. The van der Waals surface area contributed by atoms with Crippen molar-refractivity contribution in [2.75, 3.05) is 13.7 Å². The topological polar surface area (TPSA) is 76.6 Å². The van der Waals surface area contributed by atoms with Gasteiger partial charge in [-0.25, -0.2) is 13.2 Å². The minimum absolute atomic E-state index is 0.0246. The van der Waals surface area contributed by atoms with E-state index in [1.807, 2.05) is 6.92 Å². The Bertz CT molecular complexity index is 585. The summed E-state index contributed by atoms with van der Waals surface area (Å²) >= 11 is 0. The van der Waals surface area contributed by atoms with Crippen molar-refractivity contribution in [1.82, 2.24) is 9.29 Å². The van der Waals surface area contributed by atoms with Crippen molar-refractivity contribution in [2.45, 2.75) is 30.7 Å². The molecule has 1 aromatic heterocycles. The lowest BCUT2D eigenvalue weighted by Crippen LogP contribution is -2.34. The van der Waals surface area contributed by atoms with E-state index in [-0.39, 0.29) is 16.5 Å². The largest absolute Gasteiger partial charge is 0.465 e. The van der Waals surface area contributed by atoms with Crippen LogP contribution in [0.3, 0.4) is 0 Å². The quantitative estimate of drug-likeness (QED) is 0.775. The van der Waals surface area contributed by atoms with E-state index in [0.29, 0.717) is 6.54 Å². The number of nitrogens with zero attached hydrogens (tertiary/aromatic N) is 2. The van der Waals surface area contributed by atoms with Gasteiger partial charge in [0.15, 0.2) is 0 Å². The maximum atomic E-state index is 12.6. The maximum Gasteiger partial charge on any atom is 0.339 e. The third kappa shape index (κ3) is 2.48. The highest BCUT2D eigenvalue weighted by atomic mass is 32.2. The minimum Gasteiger partial charge on any atom is -0.465 e. The monoisotopic (exact) mass is 284 g/mol. The van der Waals surface area contributed by atoms with Gasteiger partial charge in [0.25, 0.3) is 0 Å². The molecule has 7 heteroatoms. The highest BCUT2D eigenvalue weighted by Gasteiger charge is 2.35. The molecule has 1 fully saturated rings. The van der Waals surface area contributed by atoms with Gasteiger partial charge in [0, 0.05) is 25.0 Å². The second-order valence-electron chi connectivity index (χ2n) is 4.47. The molecule has 1 unspecified atom stereocenters. The molecule has 0 saturated carbocycles. The van der Waals surface area contributed by atoms with E-state index in [9.17, 15) is 13.2 Å². The second kappa shape index (κ2) is 5.26. The van der Waals surface area contributed by atoms with Gasteiger partial charge in [0.05, 0.1) is 12.7 Å². The molecule has 0 bridgehead atoms. The van der Waals surface area contributed by atoms with Crippen LogP contribution in [0, 0.1) is 0 Å². The normalized spacial score (nSPS) is 20.4. The Balaban J connectivity index is 2.49. The Hall–Kier alpha value is -1.47. The van der Waals surface area contributed by atoms with Crippen molar-refractivity contribution in [1.29, 1.82) is 0 Å². The first-order chi connectivity index (χ1) is 8.98. The van der Waals surface area contributed by atoms with Crippen LogP contribution in [0.25, 0.3) is 0 Å². The van der Waals surface area contributed by atoms with Crippen molar-refractivity contribution in [2.24, 2.45) is 0 Å². The number of esters is 1. The zero-order valence-electron chi connectivity index (χ0n) is 10.9. The maximum absolute atomic E-state index is 12.6. The van der Waals surface area contributed by atoms with E-state index in [4.69, 9.17) is 0 Å². The number of aromatic nitrogens is 1. The first kappa shape index (κ1) is 14.0. The highest BCUT2D eigenvalue weighted by Crippen LogP contribution is 2.27. The van der Waals surface area contributed by atoms with Gasteiger partial charge in [-0.15, -0.1) is 0 Å². The standard InChI is InChI=1S/C12H16N2O4S/c1-9-4-3-7-14(9)19(16,17)11-8-13-6-5-10(11)12(15)18-2/h5-6,8-9H,3-4,7H2,1-2H3. The fraction of sp³-hybridized carbons (Fsp3) is 0.500. The van der Waals surface area contributed by atoms with Crippen LogP contribution in [0.15, 0.2) is 23.4 Å². The van der Waals surface area contributed by atoms with Crippen LogP contribution in [0.1, 0.15) is 30.1 Å². The van der Waals surface area contributed by atoms with Gasteiger partial charge >= 0.3 is 5.97 Å². The molecule has 1 aromatic rings. The summed E-state index contributed by atoms with van der Waals surface area (Å²) in [5.74, 6) is -0.673. The molecule has 0 N–H and O–H groups in total. The summed E-state index contributed by atoms with van der Waals surface area (Å²) in [6.45, 7) is 2.33. The number of sulfonamides is 1. The van der Waals surface area contributed by atoms with Crippen LogP contribution in [0.4, 0.5) is 0 Å². The molecule has 6 nitrogen and oxygen atoms in total. The number of carbonyl (C=O) groups is 1. The first-order valence-electron chi connectivity index (χ1n) is 6.02. The Morgan fingerprint density at radius 2 is 2.26 bits per heavy atom. The zero-order valence-corrected chi connectivity index (χ0v) is 11.7. The number of carbonyl (C=O) groups excluding carboxylic acids is 1. The van der Waals surface area contributed by atoms with E-state index >= 15 is 0 Å². The molecule has 1 saturated heterocycles. The average molecular weight is 284 g/mol.